The molecular formula is C14H15NOS. The minimum absolute atomic E-state index is 0.206. The molecule has 0 unspecified atom stereocenters. The molecule has 1 saturated heterocycles. The van der Waals surface area contributed by atoms with Gasteiger partial charge in [-0.3, -0.25) is 4.79 Å². The van der Waals surface area contributed by atoms with Gasteiger partial charge >= 0.3 is 0 Å². The molecule has 88 valence electrons. The monoisotopic (exact) mass is 245 g/mol. The van der Waals surface area contributed by atoms with E-state index < -0.39 is 0 Å². The lowest BCUT2D eigenvalue weighted by atomic mass is 10.1. The van der Waals surface area contributed by atoms with Crippen molar-refractivity contribution in [3.63, 3.8) is 0 Å². The zero-order chi connectivity index (χ0) is 11.7. The molecule has 0 saturated carbocycles. The summed E-state index contributed by atoms with van der Waals surface area (Å²) in [6.45, 7) is 0.948. The van der Waals surface area contributed by atoms with Crippen LogP contribution in [0.25, 0.3) is 0 Å². The summed E-state index contributed by atoms with van der Waals surface area (Å²) in [7, 11) is 0. The van der Waals surface area contributed by atoms with Crippen molar-refractivity contribution in [1.29, 1.82) is 0 Å². The Balaban J connectivity index is 1.76. The average Bonchev–Trinajstić information content (AvgIpc) is 2.79. The van der Waals surface area contributed by atoms with E-state index in [0.717, 1.165) is 19.4 Å². The van der Waals surface area contributed by atoms with Gasteiger partial charge in [0, 0.05) is 23.6 Å². The van der Waals surface area contributed by atoms with Crippen LogP contribution in [0.5, 0.6) is 0 Å². The molecule has 3 rings (SSSR count). The Bertz CT molecular complexity index is 455. The second-order valence-electron chi connectivity index (χ2n) is 4.56. The smallest absolute Gasteiger partial charge is 0.247 e. The van der Waals surface area contributed by atoms with E-state index >= 15 is 0 Å². The first kappa shape index (κ1) is 10.9. The van der Waals surface area contributed by atoms with Gasteiger partial charge in [0.15, 0.2) is 0 Å². The van der Waals surface area contributed by atoms with E-state index in [2.05, 4.69) is 12.1 Å². The Hall–Kier alpha value is -1.22. The summed E-state index contributed by atoms with van der Waals surface area (Å²) >= 11 is 1.73. The molecule has 0 bridgehead atoms. The average molecular weight is 245 g/mol. The first-order valence-corrected chi connectivity index (χ1v) is 6.88. The molecular weight excluding hydrogens is 230 g/mol. The minimum atomic E-state index is 0.206. The maximum Gasteiger partial charge on any atom is 0.247 e. The third-order valence-corrected chi connectivity index (χ3v) is 4.43. The number of carbonyl (C=O) groups is 1. The highest BCUT2D eigenvalue weighted by Gasteiger charge is 2.32. The minimum Gasteiger partial charge on any atom is -0.336 e. The van der Waals surface area contributed by atoms with E-state index in [1.54, 1.807) is 11.8 Å². The van der Waals surface area contributed by atoms with Crippen LogP contribution in [0.1, 0.15) is 19.3 Å². The highest BCUT2D eigenvalue weighted by Crippen LogP contribution is 2.36. The largest absolute Gasteiger partial charge is 0.336 e. The van der Waals surface area contributed by atoms with Crippen LogP contribution in [0.3, 0.4) is 0 Å². The molecule has 0 aliphatic carbocycles. The van der Waals surface area contributed by atoms with Crippen molar-refractivity contribution in [2.75, 3.05) is 6.54 Å². The maximum absolute atomic E-state index is 11.9. The molecule has 0 spiro atoms. The van der Waals surface area contributed by atoms with E-state index in [1.165, 1.54) is 16.2 Å². The second-order valence-corrected chi connectivity index (χ2v) is 5.76. The van der Waals surface area contributed by atoms with Gasteiger partial charge in [-0.2, -0.15) is 0 Å². The number of carbonyl (C=O) groups excluding carboxylic acids is 1. The molecule has 0 aromatic heterocycles. The van der Waals surface area contributed by atoms with E-state index in [9.17, 15) is 4.79 Å². The van der Waals surface area contributed by atoms with Crippen molar-refractivity contribution in [2.45, 2.75) is 30.2 Å². The summed E-state index contributed by atoms with van der Waals surface area (Å²) in [5.74, 6) is 0.206. The fourth-order valence-electron chi connectivity index (χ4n) is 2.56. The lowest BCUT2D eigenvalue weighted by molar-refractivity contribution is -0.127. The zero-order valence-electron chi connectivity index (χ0n) is 9.63. The van der Waals surface area contributed by atoms with Gasteiger partial charge in [0.2, 0.25) is 5.91 Å². The predicted molar refractivity (Wildman–Crippen MR) is 69.7 cm³/mol. The van der Waals surface area contributed by atoms with Gasteiger partial charge in [-0.15, -0.1) is 0 Å². The molecule has 2 aliphatic heterocycles. The van der Waals surface area contributed by atoms with Crippen molar-refractivity contribution in [2.24, 2.45) is 0 Å². The van der Waals surface area contributed by atoms with Crippen molar-refractivity contribution in [3.05, 3.63) is 41.3 Å². The third kappa shape index (κ3) is 2.25. The molecule has 3 heteroatoms. The molecule has 2 nitrogen and oxygen atoms in total. The summed E-state index contributed by atoms with van der Waals surface area (Å²) in [4.78, 5) is 16.4. The Morgan fingerprint density at radius 2 is 2.06 bits per heavy atom. The van der Waals surface area contributed by atoms with Crippen molar-refractivity contribution >= 4 is 17.7 Å². The van der Waals surface area contributed by atoms with E-state index in [0.29, 0.717) is 6.04 Å². The molecule has 1 aromatic rings. The Morgan fingerprint density at radius 3 is 2.88 bits per heavy atom. The standard InChI is InChI=1S/C14H15NOS/c16-14-10-13(9-11-5-4-8-15(11)14)17-12-6-2-1-3-7-12/h1-3,6-7,10-11H,4-5,8-9H2/t11-/m0/s1. The number of hydrogen-bond acceptors (Lipinski definition) is 2. The van der Waals surface area contributed by atoms with Crippen LogP contribution < -0.4 is 0 Å². The quantitative estimate of drug-likeness (QED) is 0.798. The van der Waals surface area contributed by atoms with Crippen molar-refractivity contribution < 1.29 is 4.79 Å². The highest BCUT2D eigenvalue weighted by atomic mass is 32.2. The van der Waals surface area contributed by atoms with E-state index in [-0.39, 0.29) is 5.91 Å². The molecule has 0 radical (unpaired) electrons. The van der Waals surface area contributed by atoms with Gasteiger partial charge in [0.1, 0.15) is 0 Å². The van der Waals surface area contributed by atoms with Crippen LogP contribution >= 0.6 is 11.8 Å². The van der Waals surface area contributed by atoms with Crippen LogP contribution in [0.4, 0.5) is 0 Å². The highest BCUT2D eigenvalue weighted by molar-refractivity contribution is 8.03. The van der Waals surface area contributed by atoms with Crippen LogP contribution in [0.15, 0.2) is 46.2 Å². The van der Waals surface area contributed by atoms with Crippen LogP contribution in [0, 0.1) is 0 Å². The third-order valence-electron chi connectivity index (χ3n) is 3.37. The van der Waals surface area contributed by atoms with Gasteiger partial charge in [-0.05, 0) is 36.3 Å². The number of fused-ring (bicyclic) bond motifs is 1. The van der Waals surface area contributed by atoms with Gasteiger partial charge in [0.25, 0.3) is 0 Å². The summed E-state index contributed by atoms with van der Waals surface area (Å²) in [5, 5.41) is 0. The zero-order valence-corrected chi connectivity index (χ0v) is 10.5. The number of thioether (sulfide) groups is 1. The predicted octanol–water partition coefficient (Wildman–Crippen LogP) is 3.06. The lowest BCUT2D eigenvalue weighted by Gasteiger charge is -2.28. The number of rotatable bonds is 2. The van der Waals surface area contributed by atoms with Crippen molar-refractivity contribution in [1.82, 2.24) is 4.90 Å². The summed E-state index contributed by atoms with van der Waals surface area (Å²) in [5.41, 5.74) is 0. The number of amides is 1. The second kappa shape index (κ2) is 4.57. The molecule has 1 atom stereocenters. The van der Waals surface area contributed by atoms with Crippen LogP contribution in [-0.4, -0.2) is 23.4 Å². The Kier molecular flexibility index (Phi) is 2.93. The SMILES string of the molecule is O=C1C=C(Sc2ccccc2)C[C@@H]2CCCN12. The number of benzene rings is 1. The van der Waals surface area contributed by atoms with E-state index in [4.69, 9.17) is 0 Å². The summed E-state index contributed by atoms with van der Waals surface area (Å²) < 4.78 is 0. The fraction of sp³-hybridized carbons (Fsp3) is 0.357. The van der Waals surface area contributed by atoms with Gasteiger partial charge in [-0.1, -0.05) is 30.0 Å². The molecule has 1 amide bonds. The maximum atomic E-state index is 11.9. The first-order valence-electron chi connectivity index (χ1n) is 6.07. The lowest BCUT2D eigenvalue weighted by Crippen LogP contribution is -2.37. The molecule has 17 heavy (non-hydrogen) atoms. The van der Waals surface area contributed by atoms with Crippen molar-refractivity contribution in [3.8, 4) is 0 Å². The van der Waals surface area contributed by atoms with Gasteiger partial charge in [-0.25, -0.2) is 0 Å². The molecule has 2 heterocycles. The molecule has 1 aromatic carbocycles. The van der Waals surface area contributed by atoms with Crippen LogP contribution in [0.2, 0.25) is 0 Å². The number of nitrogens with zero attached hydrogens (tertiary/aromatic N) is 1. The molecule has 2 aliphatic rings. The topological polar surface area (TPSA) is 20.3 Å². The van der Waals surface area contributed by atoms with Gasteiger partial charge < -0.3 is 4.90 Å². The number of hydrogen-bond donors (Lipinski definition) is 0. The Labute approximate surface area is 106 Å². The van der Waals surface area contributed by atoms with Gasteiger partial charge in [0.05, 0.1) is 0 Å². The van der Waals surface area contributed by atoms with Crippen LogP contribution in [-0.2, 0) is 4.79 Å². The van der Waals surface area contributed by atoms with E-state index in [1.807, 2.05) is 29.2 Å². The first-order chi connectivity index (χ1) is 8.33. The fourth-order valence-corrected chi connectivity index (χ4v) is 3.59. The molecule has 1 fully saturated rings. The summed E-state index contributed by atoms with van der Waals surface area (Å²) in [6.07, 6.45) is 5.18. The summed E-state index contributed by atoms with van der Waals surface area (Å²) in [6, 6.07) is 10.7. The molecule has 0 N–H and O–H groups in total. The Morgan fingerprint density at radius 1 is 1.24 bits per heavy atom. The normalized spacial score (nSPS) is 23.5.